The number of nitrogens with zero attached hydrogens (tertiary/aromatic N) is 3. The third-order valence-corrected chi connectivity index (χ3v) is 6.82. The summed E-state index contributed by atoms with van der Waals surface area (Å²) in [7, 11) is 0. The Bertz CT molecular complexity index is 1210. The maximum atomic E-state index is 11.3. The predicted molar refractivity (Wildman–Crippen MR) is 128 cm³/mol. The van der Waals surface area contributed by atoms with Crippen LogP contribution in [0.3, 0.4) is 0 Å². The van der Waals surface area contributed by atoms with Crippen molar-refractivity contribution in [3.63, 3.8) is 0 Å². The van der Waals surface area contributed by atoms with E-state index in [2.05, 4.69) is 37.3 Å². The van der Waals surface area contributed by atoms with Crippen LogP contribution in [0.4, 0.5) is 5.69 Å². The topological polar surface area (TPSA) is 120 Å². The van der Waals surface area contributed by atoms with E-state index >= 15 is 0 Å². The first-order valence-electron chi connectivity index (χ1n) is 11.4. The molecule has 2 aliphatic rings. The number of carboxylic acids is 1. The molecule has 0 bridgehead atoms. The van der Waals surface area contributed by atoms with E-state index in [9.17, 15) is 9.59 Å². The molecule has 5 rings (SSSR count). The van der Waals surface area contributed by atoms with Gasteiger partial charge in [0.15, 0.2) is 5.65 Å². The van der Waals surface area contributed by atoms with Gasteiger partial charge in [-0.15, -0.1) is 0 Å². The lowest BCUT2D eigenvalue weighted by atomic mass is 9.82. The van der Waals surface area contributed by atoms with E-state index in [1.54, 1.807) is 13.0 Å². The first-order valence-corrected chi connectivity index (χ1v) is 11.8. The Morgan fingerprint density at radius 3 is 2.53 bits per heavy atom. The molecule has 3 N–H and O–H groups in total. The highest BCUT2D eigenvalue weighted by molar-refractivity contribution is 6.33. The third kappa shape index (κ3) is 4.65. The lowest BCUT2D eigenvalue weighted by Crippen LogP contribution is -2.44. The van der Waals surface area contributed by atoms with Crippen molar-refractivity contribution < 1.29 is 19.4 Å². The SMILES string of the molecule is CC(=O)NC1CCN(c2ccc(-c3nc4nc(O[C@H]5C[C@@H](C(=O)O)C5)[nH]c4cc3Cl)cc2)CC1. The number of fused-ring (bicyclic) bond motifs is 1. The summed E-state index contributed by atoms with van der Waals surface area (Å²) in [6, 6.07) is 10.5. The summed E-state index contributed by atoms with van der Waals surface area (Å²) in [5.74, 6) is -1.11. The molecular weight excluding hydrogens is 458 g/mol. The normalized spacial score (nSPS) is 20.7. The van der Waals surface area contributed by atoms with Crippen LogP contribution in [0.25, 0.3) is 22.4 Å². The first-order chi connectivity index (χ1) is 16.4. The number of imidazole rings is 1. The van der Waals surface area contributed by atoms with E-state index in [4.69, 9.17) is 21.4 Å². The number of nitrogens with one attached hydrogen (secondary N) is 2. The van der Waals surface area contributed by atoms with Gasteiger partial charge in [-0.2, -0.15) is 4.98 Å². The van der Waals surface area contributed by atoms with Crippen LogP contribution in [0.5, 0.6) is 6.01 Å². The average Bonchev–Trinajstić information content (AvgIpc) is 3.16. The molecule has 9 nitrogen and oxygen atoms in total. The van der Waals surface area contributed by atoms with Gasteiger partial charge >= 0.3 is 5.97 Å². The summed E-state index contributed by atoms with van der Waals surface area (Å²) in [4.78, 5) is 36.7. The van der Waals surface area contributed by atoms with Crippen LogP contribution in [0.1, 0.15) is 32.6 Å². The number of aromatic nitrogens is 3. The second-order valence-corrected chi connectivity index (χ2v) is 9.39. The number of anilines is 1. The van der Waals surface area contributed by atoms with Gasteiger partial charge in [-0.3, -0.25) is 9.59 Å². The fourth-order valence-corrected chi connectivity index (χ4v) is 4.84. The third-order valence-electron chi connectivity index (χ3n) is 6.54. The summed E-state index contributed by atoms with van der Waals surface area (Å²) in [5, 5.41) is 12.5. The molecule has 1 aliphatic heterocycles. The summed E-state index contributed by atoms with van der Waals surface area (Å²) >= 11 is 6.53. The molecule has 2 fully saturated rings. The number of piperidine rings is 1. The van der Waals surface area contributed by atoms with Crippen molar-refractivity contribution >= 4 is 40.3 Å². The zero-order chi connectivity index (χ0) is 23.8. The minimum absolute atomic E-state index is 0.0228. The van der Waals surface area contributed by atoms with Gasteiger partial charge in [-0.05, 0) is 43.9 Å². The molecule has 0 spiro atoms. The molecule has 1 aromatic carbocycles. The molecule has 10 heteroatoms. The van der Waals surface area contributed by atoms with Crippen molar-refractivity contribution in [1.29, 1.82) is 0 Å². The standard InChI is InChI=1S/C24H26ClN5O4/c1-13(31)26-16-6-8-30(9-7-16)17-4-2-14(3-5-17)21-19(25)12-20-22(28-21)29-24(27-20)34-18-10-15(11-18)23(32)33/h2-5,12,15-16,18H,6-11H2,1H3,(H,26,31)(H,32,33)(H,27,28,29)/t15-,18+. The lowest BCUT2D eigenvalue weighted by molar-refractivity contribution is -0.148. The number of H-pyrrole nitrogens is 1. The van der Waals surface area contributed by atoms with Gasteiger partial charge in [0.25, 0.3) is 6.01 Å². The molecule has 0 radical (unpaired) electrons. The van der Waals surface area contributed by atoms with Gasteiger partial charge < -0.3 is 25.0 Å². The van der Waals surface area contributed by atoms with E-state index in [1.807, 2.05) is 12.1 Å². The number of benzene rings is 1. The van der Waals surface area contributed by atoms with Gasteiger partial charge in [0, 0.05) is 37.3 Å². The number of hydrogen-bond donors (Lipinski definition) is 3. The number of carbonyl (C=O) groups is 2. The van der Waals surface area contributed by atoms with Crippen molar-refractivity contribution in [1.82, 2.24) is 20.3 Å². The number of carbonyl (C=O) groups excluding carboxylic acids is 1. The maximum absolute atomic E-state index is 11.3. The Morgan fingerprint density at radius 2 is 1.88 bits per heavy atom. The summed E-state index contributed by atoms with van der Waals surface area (Å²) in [6.07, 6.45) is 2.64. The molecule has 0 unspecified atom stereocenters. The van der Waals surface area contributed by atoms with Crippen LogP contribution >= 0.6 is 11.6 Å². The smallest absolute Gasteiger partial charge is 0.306 e. The minimum atomic E-state index is -0.789. The van der Waals surface area contributed by atoms with Crippen molar-refractivity contribution in [3.05, 3.63) is 35.4 Å². The lowest BCUT2D eigenvalue weighted by Gasteiger charge is -2.33. The van der Waals surface area contributed by atoms with E-state index < -0.39 is 5.97 Å². The molecule has 1 amide bonds. The highest BCUT2D eigenvalue weighted by Gasteiger charge is 2.36. The van der Waals surface area contributed by atoms with Crippen LogP contribution < -0.4 is 15.0 Å². The van der Waals surface area contributed by atoms with Gasteiger partial charge in [0.2, 0.25) is 5.91 Å². The summed E-state index contributed by atoms with van der Waals surface area (Å²) in [5.41, 5.74) is 3.80. The van der Waals surface area contributed by atoms with Gasteiger partial charge in [-0.25, -0.2) is 4.98 Å². The first kappa shape index (κ1) is 22.5. The minimum Gasteiger partial charge on any atom is -0.481 e. The number of amides is 1. The maximum Gasteiger partial charge on any atom is 0.306 e. The predicted octanol–water partition coefficient (Wildman–Crippen LogP) is 3.63. The second-order valence-electron chi connectivity index (χ2n) is 8.99. The van der Waals surface area contributed by atoms with Crippen LogP contribution in [-0.4, -0.2) is 57.2 Å². The van der Waals surface area contributed by atoms with Crippen molar-refractivity contribution in [2.75, 3.05) is 18.0 Å². The summed E-state index contributed by atoms with van der Waals surface area (Å²) < 4.78 is 5.77. The molecule has 1 saturated heterocycles. The number of ether oxygens (including phenoxy) is 1. The molecular formula is C24H26ClN5O4. The van der Waals surface area contributed by atoms with Gasteiger partial charge in [0.1, 0.15) is 6.10 Å². The van der Waals surface area contributed by atoms with E-state index in [-0.39, 0.29) is 24.0 Å². The van der Waals surface area contributed by atoms with Gasteiger partial charge in [-0.1, -0.05) is 23.7 Å². The molecule has 3 heterocycles. The Kier molecular flexibility index (Phi) is 6.03. The fraction of sp³-hybridized carbons (Fsp3) is 0.417. The molecule has 1 aliphatic carbocycles. The zero-order valence-electron chi connectivity index (χ0n) is 18.8. The van der Waals surface area contributed by atoms with Crippen LogP contribution in [0.2, 0.25) is 5.02 Å². The molecule has 3 aromatic rings. The highest BCUT2D eigenvalue weighted by Crippen LogP contribution is 2.33. The molecule has 0 atom stereocenters. The van der Waals surface area contributed by atoms with Gasteiger partial charge in [0.05, 0.1) is 22.2 Å². The fourth-order valence-electron chi connectivity index (χ4n) is 4.57. The molecule has 34 heavy (non-hydrogen) atoms. The van der Waals surface area contributed by atoms with E-state index in [1.165, 1.54) is 0 Å². The van der Waals surface area contributed by atoms with E-state index in [0.29, 0.717) is 40.7 Å². The Balaban J connectivity index is 1.27. The highest BCUT2D eigenvalue weighted by atomic mass is 35.5. The Morgan fingerprint density at radius 1 is 1.18 bits per heavy atom. The Hall–Kier alpha value is -3.33. The number of hydrogen-bond acceptors (Lipinski definition) is 6. The van der Waals surface area contributed by atoms with Crippen LogP contribution in [0, 0.1) is 5.92 Å². The van der Waals surface area contributed by atoms with Crippen LogP contribution in [0.15, 0.2) is 30.3 Å². The molecule has 178 valence electrons. The quantitative estimate of drug-likeness (QED) is 0.489. The zero-order valence-corrected chi connectivity index (χ0v) is 19.5. The average molecular weight is 484 g/mol. The molecule has 2 aromatic heterocycles. The second kappa shape index (κ2) is 9.13. The monoisotopic (exact) mass is 483 g/mol. The van der Waals surface area contributed by atoms with Crippen molar-refractivity contribution in [2.45, 2.75) is 44.8 Å². The number of aliphatic carboxylic acids is 1. The largest absolute Gasteiger partial charge is 0.481 e. The Labute approximate surface area is 201 Å². The number of aromatic amines is 1. The number of rotatable bonds is 6. The molecule has 1 saturated carbocycles. The number of pyridine rings is 1. The van der Waals surface area contributed by atoms with Crippen LogP contribution in [-0.2, 0) is 9.59 Å². The van der Waals surface area contributed by atoms with Crippen molar-refractivity contribution in [3.8, 4) is 17.3 Å². The van der Waals surface area contributed by atoms with E-state index in [0.717, 1.165) is 37.2 Å². The van der Waals surface area contributed by atoms with Crippen molar-refractivity contribution in [2.24, 2.45) is 5.92 Å². The number of carboxylic acid groups (broad SMARTS) is 1. The number of halogens is 1. The summed E-state index contributed by atoms with van der Waals surface area (Å²) in [6.45, 7) is 3.34.